The highest BCUT2D eigenvalue weighted by atomic mass is 32.2. The fraction of sp³-hybridized carbons (Fsp3) is 0.150. The van der Waals surface area contributed by atoms with Gasteiger partial charge in [-0.25, -0.2) is 0 Å². The molecule has 0 fully saturated rings. The van der Waals surface area contributed by atoms with Gasteiger partial charge in [-0.3, -0.25) is 4.79 Å². The average Bonchev–Trinajstić information content (AvgIpc) is 3.21. The van der Waals surface area contributed by atoms with Gasteiger partial charge in [0.05, 0.1) is 25.5 Å². The number of hydrogen-bond donors (Lipinski definition) is 1. The number of nitrogens with one attached hydrogen (secondary N) is 1. The third-order valence-corrected chi connectivity index (χ3v) is 4.35. The van der Waals surface area contributed by atoms with Crippen molar-refractivity contribution in [2.24, 2.45) is 0 Å². The zero-order chi connectivity index (χ0) is 19.9. The lowest BCUT2D eigenvalue weighted by molar-refractivity contribution is -0.111. The number of rotatable bonds is 7. The molecule has 0 bridgehead atoms. The predicted octanol–water partition coefficient (Wildman–Crippen LogP) is 4.13. The molecule has 0 aliphatic carbocycles. The summed E-state index contributed by atoms with van der Waals surface area (Å²) < 4.78 is 16.0. The quantitative estimate of drug-likeness (QED) is 0.474. The minimum absolute atomic E-state index is 0.285. The molecule has 0 unspecified atom stereocenters. The number of carbonyl (C=O) groups excluding carboxylic acids is 1. The van der Waals surface area contributed by atoms with Crippen molar-refractivity contribution in [1.82, 2.24) is 10.2 Å². The molecule has 0 saturated heterocycles. The van der Waals surface area contributed by atoms with Crippen molar-refractivity contribution in [2.75, 3.05) is 25.8 Å². The number of anilines is 1. The number of benzene rings is 2. The van der Waals surface area contributed by atoms with Crippen molar-refractivity contribution in [3.8, 4) is 23.0 Å². The van der Waals surface area contributed by atoms with Crippen LogP contribution in [0, 0.1) is 0 Å². The maximum absolute atomic E-state index is 12.4. The van der Waals surface area contributed by atoms with Gasteiger partial charge in [-0.05, 0) is 42.2 Å². The first-order valence-corrected chi connectivity index (χ1v) is 9.55. The van der Waals surface area contributed by atoms with Crippen LogP contribution in [-0.2, 0) is 4.79 Å². The van der Waals surface area contributed by atoms with Crippen molar-refractivity contribution in [3.05, 3.63) is 54.1 Å². The molecular formula is C20H19N3O4S. The molecular weight excluding hydrogens is 378 g/mol. The van der Waals surface area contributed by atoms with E-state index in [0.29, 0.717) is 33.9 Å². The molecule has 0 aliphatic heterocycles. The van der Waals surface area contributed by atoms with Gasteiger partial charge < -0.3 is 19.2 Å². The van der Waals surface area contributed by atoms with Crippen LogP contribution in [0.3, 0.4) is 0 Å². The number of carbonyl (C=O) groups is 1. The Hall–Kier alpha value is -3.26. The van der Waals surface area contributed by atoms with Gasteiger partial charge in [-0.1, -0.05) is 30.0 Å². The van der Waals surface area contributed by atoms with E-state index in [1.54, 1.807) is 38.5 Å². The topological polar surface area (TPSA) is 86.5 Å². The summed E-state index contributed by atoms with van der Waals surface area (Å²) in [5.74, 6) is 1.29. The largest absolute Gasteiger partial charge is 0.493 e. The highest BCUT2D eigenvalue weighted by Crippen LogP contribution is 2.29. The van der Waals surface area contributed by atoms with E-state index in [2.05, 4.69) is 15.5 Å². The van der Waals surface area contributed by atoms with Crippen LogP contribution >= 0.6 is 11.8 Å². The van der Waals surface area contributed by atoms with E-state index in [0.717, 1.165) is 5.56 Å². The summed E-state index contributed by atoms with van der Waals surface area (Å²) in [4.78, 5) is 12.4. The van der Waals surface area contributed by atoms with Crippen molar-refractivity contribution >= 4 is 29.4 Å². The zero-order valence-corrected chi connectivity index (χ0v) is 16.4. The number of hydrogen-bond acceptors (Lipinski definition) is 7. The number of thioether (sulfide) groups is 1. The van der Waals surface area contributed by atoms with Crippen molar-refractivity contribution in [2.45, 2.75) is 5.22 Å². The van der Waals surface area contributed by atoms with Gasteiger partial charge in [0, 0.05) is 6.08 Å². The van der Waals surface area contributed by atoms with Gasteiger partial charge in [-0.2, -0.15) is 0 Å². The highest BCUT2D eigenvalue weighted by molar-refractivity contribution is 7.98. The molecule has 1 aromatic heterocycles. The second-order valence-corrected chi connectivity index (χ2v) is 6.32. The molecule has 0 radical (unpaired) electrons. The molecule has 3 rings (SSSR count). The molecule has 7 nitrogen and oxygen atoms in total. The Morgan fingerprint density at radius 1 is 1.11 bits per heavy atom. The molecule has 0 atom stereocenters. The van der Waals surface area contributed by atoms with E-state index in [1.807, 2.05) is 30.5 Å². The lowest BCUT2D eigenvalue weighted by Gasteiger charge is -2.08. The molecule has 2 aromatic carbocycles. The summed E-state index contributed by atoms with van der Waals surface area (Å²) in [5.41, 5.74) is 2.05. The molecule has 3 aromatic rings. The van der Waals surface area contributed by atoms with Crippen LogP contribution in [0.4, 0.5) is 5.69 Å². The first-order valence-electron chi connectivity index (χ1n) is 8.32. The number of aromatic nitrogens is 2. The van der Waals surface area contributed by atoms with E-state index in [4.69, 9.17) is 13.9 Å². The molecule has 28 heavy (non-hydrogen) atoms. The second kappa shape index (κ2) is 9.09. The molecule has 8 heteroatoms. The monoisotopic (exact) mass is 397 g/mol. The second-order valence-electron chi connectivity index (χ2n) is 5.56. The Kier molecular flexibility index (Phi) is 6.33. The minimum atomic E-state index is -0.285. The van der Waals surface area contributed by atoms with Gasteiger partial charge in [0.25, 0.3) is 11.1 Å². The Balaban J connectivity index is 1.76. The van der Waals surface area contributed by atoms with Crippen LogP contribution in [0.2, 0.25) is 0 Å². The minimum Gasteiger partial charge on any atom is -0.493 e. The molecule has 1 amide bonds. The summed E-state index contributed by atoms with van der Waals surface area (Å²) >= 11 is 1.36. The fourth-order valence-electron chi connectivity index (χ4n) is 2.48. The summed E-state index contributed by atoms with van der Waals surface area (Å²) in [5, 5.41) is 11.3. The Bertz CT molecular complexity index is 1000. The van der Waals surface area contributed by atoms with Crippen molar-refractivity contribution in [1.29, 1.82) is 0 Å². The molecule has 144 valence electrons. The number of nitrogens with zero attached hydrogens (tertiary/aromatic N) is 2. The third-order valence-electron chi connectivity index (χ3n) is 3.83. The number of methoxy groups -OCH3 is 2. The van der Waals surface area contributed by atoms with Gasteiger partial charge in [0.15, 0.2) is 11.5 Å². The van der Waals surface area contributed by atoms with E-state index < -0.39 is 0 Å². The van der Waals surface area contributed by atoms with Gasteiger partial charge in [0.1, 0.15) is 0 Å². The standard InChI is InChI=1S/C20H19N3O4S/c1-25-16-10-8-13(12-17(16)26-2)9-11-18(24)21-15-7-5-4-6-14(15)19-22-23-20(27-19)28-3/h4-12H,1-3H3,(H,21,24)/b11-9+. The summed E-state index contributed by atoms with van der Waals surface area (Å²) in [6.45, 7) is 0. The third kappa shape index (κ3) is 4.52. The first kappa shape index (κ1) is 19.5. The lowest BCUT2D eigenvalue weighted by Crippen LogP contribution is -2.08. The lowest BCUT2D eigenvalue weighted by atomic mass is 10.1. The van der Waals surface area contributed by atoms with Crippen LogP contribution in [-0.4, -0.2) is 36.6 Å². The van der Waals surface area contributed by atoms with E-state index >= 15 is 0 Å². The molecule has 0 aliphatic rings. The van der Waals surface area contributed by atoms with Crippen LogP contribution in [0.5, 0.6) is 11.5 Å². The van der Waals surface area contributed by atoms with Crippen LogP contribution < -0.4 is 14.8 Å². The number of amides is 1. The molecule has 0 saturated carbocycles. The number of ether oxygens (including phenoxy) is 2. The van der Waals surface area contributed by atoms with Gasteiger partial charge in [0.2, 0.25) is 5.91 Å². The van der Waals surface area contributed by atoms with Crippen LogP contribution in [0.25, 0.3) is 17.5 Å². The molecule has 0 spiro atoms. The normalized spacial score (nSPS) is 10.8. The van der Waals surface area contributed by atoms with E-state index in [1.165, 1.54) is 17.8 Å². The summed E-state index contributed by atoms with van der Waals surface area (Å²) in [6.07, 6.45) is 4.99. The Morgan fingerprint density at radius 2 is 1.89 bits per heavy atom. The molecule has 1 N–H and O–H groups in total. The number of para-hydroxylation sites is 1. The predicted molar refractivity (Wildman–Crippen MR) is 109 cm³/mol. The fourth-order valence-corrected chi connectivity index (χ4v) is 2.77. The average molecular weight is 397 g/mol. The zero-order valence-electron chi connectivity index (χ0n) is 15.6. The maximum Gasteiger partial charge on any atom is 0.276 e. The van der Waals surface area contributed by atoms with E-state index in [9.17, 15) is 4.79 Å². The van der Waals surface area contributed by atoms with Crippen molar-refractivity contribution in [3.63, 3.8) is 0 Å². The van der Waals surface area contributed by atoms with Crippen molar-refractivity contribution < 1.29 is 18.7 Å². The van der Waals surface area contributed by atoms with Crippen LogP contribution in [0.15, 0.2) is 58.2 Å². The molecule has 1 heterocycles. The summed E-state index contributed by atoms with van der Waals surface area (Å²) in [7, 11) is 3.14. The van der Waals surface area contributed by atoms with E-state index in [-0.39, 0.29) is 5.91 Å². The van der Waals surface area contributed by atoms with Gasteiger partial charge >= 0.3 is 0 Å². The highest BCUT2D eigenvalue weighted by Gasteiger charge is 2.13. The smallest absolute Gasteiger partial charge is 0.276 e. The summed E-state index contributed by atoms with van der Waals surface area (Å²) in [6, 6.07) is 12.7. The Morgan fingerprint density at radius 3 is 2.61 bits per heavy atom. The van der Waals surface area contributed by atoms with Gasteiger partial charge in [-0.15, -0.1) is 10.2 Å². The Labute approximate surface area is 166 Å². The van der Waals surface area contributed by atoms with Crippen LogP contribution in [0.1, 0.15) is 5.56 Å². The maximum atomic E-state index is 12.4. The first-order chi connectivity index (χ1) is 13.6. The SMILES string of the molecule is COc1ccc(/C=C/C(=O)Nc2ccccc2-c2nnc(SC)o2)cc1OC.